The van der Waals surface area contributed by atoms with Gasteiger partial charge in [-0.1, -0.05) is 25.3 Å². The van der Waals surface area contributed by atoms with Crippen molar-refractivity contribution >= 4 is 17.4 Å². The van der Waals surface area contributed by atoms with Gasteiger partial charge in [0.15, 0.2) is 0 Å². The molecule has 0 fully saturated rings. The van der Waals surface area contributed by atoms with Crippen LogP contribution in [-0.2, 0) is 0 Å². The van der Waals surface area contributed by atoms with Crippen molar-refractivity contribution in [3.8, 4) is 0 Å². The topological polar surface area (TPSA) is 66.9 Å². The van der Waals surface area contributed by atoms with Crippen LogP contribution in [0.3, 0.4) is 0 Å². The molecule has 0 spiro atoms. The molecule has 0 aliphatic carbocycles. The van der Waals surface area contributed by atoms with Crippen LogP contribution in [0.25, 0.3) is 0 Å². The first kappa shape index (κ1) is 14.1. The molecule has 2 N–H and O–H groups in total. The Hall–Kier alpha value is -1.01. The summed E-state index contributed by atoms with van der Waals surface area (Å²) in [5.41, 5.74) is 0.786. The van der Waals surface area contributed by atoms with Gasteiger partial charge < -0.3 is 10.6 Å². The van der Waals surface area contributed by atoms with E-state index in [1.807, 2.05) is 13.8 Å². The lowest BCUT2D eigenvalue weighted by Gasteiger charge is -2.06. The lowest BCUT2D eigenvalue weighted by atomic mass is 10.1. The second-order valence-electron chi connectivity index (χ2n) is 4.15. The molecular formula is C11H20N4OS. The van der Waals surface area contributed by atoms with Gasteiger partial charge in [-0.15, -0.1) is 5.10 Å². The van der Waals surface area contributed by atoms with Gasteiger partial charge in [0.05, 0.1) is 5.69 Å². The SMILES string of the molecule is CCCNCCNC(=O)c1snnc1C(C)C. The molecule has 1 rings (SSSR count). The van der Waals surface area contributed by atoms with Crippen LogP contribution in [0.5, 0.6) is 0 Å². The zero-order chi connectivity index (χ0) is 12.7. The maximum absolute atomic E-state index is 11.9. The van der Waals surface area contributed by atoms with E-state index in [-0.39, 0.29) is 11.8 Å². The van der Waals surface area contributed by atoms with E-state index in [1.54, 1.807) is 0 Å². The second kappa shape index (κ2) is 7.34. The summed E-state index contributed by atoms with van der Waals surface area (Å²) < 4.78 is 3.84. The third-order valence-electron chi connectivity index (χ3n) is 2.28. The quantitative estimate of drug-likeness (QED) is 0.724. The van der Waals surface area contributed by atoms with Crippen LogP contribution in [0.1, 0.15) is 48.5 Å². The summed E-state index contributed by atoms with van der Waals surface area (Å²) in [6.45, 7) is 8.54. The standard InChI is InChI=1S/C11H20N4OS/c1-4-5-12-6-7-13-11(16)10-9(8(2)3)14-15-17-10/h8,12H,4-7H2,1-3H3,(H,13,16). The van der Waals surface area contributed by atoms with Crippen molar-refractivity contribution < 1.29 is 4.79 Å². The Morgan fingerprint density at radius 2 is 2.12 bits per heavy atom. The molecular weight excluding hydrogens is 236 g/mol. The van der Waals surface area contributed by atoms with Crippen LogP contribution in [0.4, 0.5) is 0 Å². The van der Waals surface area contributed by atoms with Crippen molar-refractivity contribution in [3.63, 3.8) is 0 Å². The molecule has 0 radical (unpaired) electrons. The zero-order valence-electron chi connectivity index (χ0n) is 10.6. The number of nitrogens with one attached hydrogen (secondary N) is 2. The first-order chi connectivity index (χ1) is 8.16. The predicted octanol–water partition coefficient (Wildman–Crippen LogP) is 1.39. The van der Waals surface area contributed by atoms with Crippen LogP contribution in [0, 0.1) is 0 Å². The zero-order valence-corrected chi connectivity index (χ0v) is 11.4. The van der Waals surface area contributed by atoms with E-state index in [0.29, 0.717) is 11.4 Å². The van der Waals surface area contributed by atoms with Gasteiger partial charge in [-0.2, -0.15) is 0 Å². The van der Waals surface area contributed by atoms with Crippen LogP contribution in [0.15, 0.2) is 0 Å². The second-order valence-corrected chi connectivity index (χ2v) is 4.90. The van der Waals surface area contributed by atoms with Gasteiger partial charge in [0.1, 0.15) is 4.88 Å². The third-order valence-corrected chi connectivity index (χ3v) is 3.02. The highest BCUT2D eigenvalue weighted by atomic mass is 32.1. The Morgan fingerprint density at radius 1 is 1.35 bits per heavy atom. The van der Waals surface area contributed by atoms with Crippen molar-refractivity contribution in [2.75, 3.05) is 19.6 Å². The number of nitrogens with zero attached hydrogens (tertiary/aromatic N) is 2. The Morgan fingerprint density at radius 3 is 2.76 bits per heavy atom. The third kappa shape index (κ3) is 4.40. The average molecular weight is 256 g/mol. The van der Waals surface area contributed by atoms with E-state index < -0.39 is 0 Å². The number of rotatable bonds is 7. The minimum atomic E-state index is -0.0676. The van der Waals surface area contributed by atoms with Crippen molar-refractivity contribution in [2.24, 2.45) is 0 Å². The van der Waals surface area contributed by atoms with Crippen LogP contribution in [-0.4, -0.2) is 35.1 Å². The molecule has 0 saturated carbocycles. The molecule has 6 heteroatoms. The largest absolute Gasteiger partial charge is 0.350 e. The molecule has 1 aromatic rings. The Labute approximate surface area is 106 Å². The summed E-state index contributed by atoms with van der Waals surface area (Å²) in [6, 6.07) is 0. The first-order valence-corrected chi connectivity index (χ1v) is 6.75. The van der Waals surface area contributed by atoms with Crippen molar-refractivity contribution in [1.82, 2.24) is 20.2 Å². The fourth-order valence-corrected chi connectivity index (χ4v) is 2.11. The molecule has 5 nitrogen and oxygen atoms in total. The maximum atomic E-state index is 11.9. The Kier molecular flexibility index (Phi) is 6.07. The van der Waals surface area contributed by atoms with Crippen LogP contribution >= 0.6 is 11.5 Å². The highest BCUT2D eigenvalue weighted by molar-refractivity contribution is 7.08. The number of aromatic nitrogens is 2. The monoisotopic (exact) mass is 256 g/mol. The predicted molar refractivity (Wildman–Crippen MR) is 69.5 cm³/mol. The van der Waals surface area contributed by atoms with Gasteiger partial charge in [0.2, 0.25) is 0 Å². The van der Waals surface area contributed by atoms with Gasteiger partial charge in [0, 0.05) is 13.1 Å². The number of carbonyl (C=O) groups excluding carboxylic acids is 1. The maximum Gasteiger partial charge on any atom is 0.265 e. The number of amides is 1. The highest BCUT2D eigenvalue weighted by Gasteiger charge is 2.17. The number of carbonyl (C=O) groups is 1. The average Bonchev–Trinajstić information content (AvgIpc) is 2.77. The van der Waals surface area contributed by atoms with E-state index in [1.165, 1.54) is 0 Å². The van der Waals surface area contributed by atoms with E-state index >= 15 is 0 Å². The molecule has 1 amide bonds. The fraction of sp³-hybridized carbons (Fsp3) is 0.727. The van der Waals surface area contributed by atoms with Gasteiger partial charge in [0.25, 0.3) is 5.91 Å². The first-order valence-electron chi connectivity index (χ1n) is 5.98. The molecule has 1 heterocycles. The number of hydrogen-bond acceptors (Lipinski definition) is 5. The van der Waals surface area contributed by atoms with Gasteiger partial charge in [-0.25, -0.2) is 0 Å². The molecule has 1 aromatic heterocycles. The molecule has 0 aliphatic rings. The summed E-state index contributed by atoms with van der Waals surface area (Å²) in [4.78, 5) is 12.5. The van der Waals surface area contributed by atoms with E-state index in [9.17, 15) is 4.79 Å². The normalized spacial score (nSPS) is 10.8. The van der Waals surface area contributed by atoms with Gasteiger partial charge >= 0.3 is 0 Å². The molecule has 0 unspecified atom stereocenters. The fourth-order valence-electron chi connectivity index (χ4n) is 1.38. The lowest BCUT2D eigenvalue weighted by molar-refractivity contribution is 0.0956. The lowest BCUT2D eigenvalue weighted by Crippen LogP contribution is -2.32. The summed E-state index contributed by atoms with van der Waals surface area (Å²) in [5, 5.41) is 10.1. The van der Waals surface area contributed by atoms with Gasteiger partial charge in [-0.05, 0) is 30.4 Å². The van der Waals surface area contributed by atoms with Crippen molar-refractivity contribution in [3.05, 3.63) is 10.6 Å². The highest BCUT2D eigenvalue weighted by Crippen LogP contribution is 2.19. The molecule has 96 valence electrons. The van der Waals surface area contributed by atoms with Crippen LogP contribution < -0.4 is 10.6 Å². The minimum absolute atomic E-state index is 0.0676. The summed E-state index contributed by atoms with van der Waals surface area (Å²) >= 11 is 1.16. The summed E-state index contributed by atoms with van der Waals surface area (Å²) in [5.74, 6) is 0.162. The van der Waals surface area contributed by atoms with Crippen molar-refractivity contribution in [2.45, 2.75) is 33.1 Å². The van der Waals surface area contributed by atoms with Gasteiger partial charge in [-0.3, -0.25) is 4.79 Å². The molecule has 0 bridgehead atoms. The summed E-state index contributed by atoms with van der Waals surface area (Å²) in [6.07, 6.45) is 1.10. The van der Waals surface area contributed by atoms with E-state index in [2.05, 4.69) is 27.1 Å². The molecule has 0 aromatic carbocycles. The minimum Gasteiger partial charge on any atom is -0.350 e. The Balaban J connectivity index is 2.39. The van der Waals surface area contributed by atoms with E-state index in [0.717, 1.165) is 36.7 Å². The van der Waals surface area contributed by atoms with Crippen molar-refractivity contribution in [1.29, 1.82) is 0 Å². The van der Waals surface area contributed by atoms with E-state index in [4.69, 9.17) is 0 Å². The molecule has 0 aliphatic heterocycles. The smallest absolute Gasteiger partial charge is 0.265 e. The van der Waals surface area contributed by atoms with Crippen LogP contribution in [0.2, 0.25) is 0 Å². The number of hydrogen-bond donors (Lipinski definition) is 2. The molecule has 0 saturated heterocycles. The molecule has 0 atom stereocenters. The summed E-state index contributed by atoms with van der Waals surface area (Å²) in [7, 11) is 0. The molecule has 17 heavy (non-hydrogen) atoms. The Bertz CT molecular complexity index is 351.